The summed E-state index contributed by atoms with van der Waals surface area (Å²) in [4.78, 5) is 14.7. The molecule has 0 N–H and O–H groups in total. The molecular weight excluding hydrogens is 292 g/mol. The monoisotopic (exact) mass is 312 g/mol. The van der Waals surface area contributed by atoms with Gasteiger partial charge < -0.3 is 9.64 Å². The van der Waals surface area contributed by atoms with Gasteiger partial charge in [0.2, 0.25) is 0 Å². The molecule has 2 aliphatic rings. The highest BCUT2D eigenvalue weighted by Crippen LogP contribution is 2.37. The predicted octanol–water partition coefficient (Wildman–Crippen LogP) is 1.91. The molecule has 2 fully saturated rings. The van der Waals surface area contributed by atoms with E-state index in [9.17, 15) is 4.79 Å². The van der Waals surface area contributed by atoms with Gasteiger partial charge in [-0.05, 0) is 31.4 Å². The van der Waals surface area contributed by atoms with E-state index in [0.29, 0.717) is 5.69 Å². The van der Waals surface area contributed by atoms with Crippen molar-refractivity contribution >= 4 is 5.91 Å². The Labute approximate surface area is 135 Å². The number of hydrogen-bond donors (Lipinski definition) is 0. The molecule has 0 saturated carbocycles. The minimum atomic E-state index is -0.0295. The molecule has 1 atom stereocenters. The second-order valence-corrected chi connectivity index (χ2v) is 6.52. The van der Waals surface area contributed by atoms with Gasteiger partial charge in [-0.15, -0.1) is 5.10 Å². The van der Waals surface area contributed by atoms with E-state index < -0.39 is 0 Å². The van der Waals surface area contributed by atoms with Crippen LogP contribution >= 0.6 is 0 Å². The van der Waals surface area contributed by atoms with Crippen LogP contribution in [0.1, 0.15) is 29.8 Å². The first kappa shape index (κ1) is 14.4. The van der Waals surface area contributed by atoms with Gasteiger partial charge in [0, 0.05) is 25.1 Å². The van der Waals surface area contributed by atoms with Gasteiger partial charge in [-0.2, -0.15) is 0 Å². The van der Waals surface area contributed by atoms with Gasteiger partial charge in [0.25, 0.3) is 5.91 Å². The minimum absolute atomic E-state index is 0.0295. The number of piperidine rings is 1. The van der Waals surface area contributed by atoms with Crippen LogP contribution < -0.4 is 0 Å². The average Bonchev–Trinajstić information content (AvgIpc) is 3.25. The predicted molar refractivity (Wildman–Crippen MR) is 84.4 cm³/mol. The molecule has 6 heteroatoms. The molecule has 2 aromatic rings. The van der Waals surface area contributed by atoms with Crippen molar-refractivity contribution in [1.82, 2.24) is 19.9 Å². The maximum atomic E-state index is 12.8. The van der Waals surface area contributed by atoms with Gasteiger partial charge in [-0.3, -0.25) is 4.79 Å². The molecule has 1 spiro atoms. The number of aromatic nitrogens is 3. The zero-order valence-corrected chi connectivity index (χ0v) is 13.0. The Morgan fingerprint density at radius 3 is 2.87 bits per heavy atom. The van der Waals surface area contributed by atoms with Crippen molar-refractivity contribution < 1.29 is 9.53 Å². The Morgan fingerprint density at radius 1 is 1.22 bits per heavy atom. The lowest BCUT2D eigenvalue weighted by Crippen LogP contribution is -2.46. The normalized spacial score (nSPS) is 24.3. The second-order valence-electron chi connectivity index (χ2n) is 6.52. The SMILES string of the molecule is O=C(c1cn(-c2ccccc2)nn1)N1CCC[C@]2(CCOC2)C1. The number of ether oxygens (including phenoxy) is 1. The quantitative estimate of drug-likeness (QED) is 0.850. The first-order valence-electron chi connectivity index (χ1n) is 8.11. The van der Waals surface area contributed by atoms with Gasteiger partial charge in [0.1, 0.15) is 0 Å². The Morgan fingerprint density at radius 2 is 2.09 bits per heavy atom. The molecule has 1 aromatic heterocycles. The summed E-state index contributed by atoms with van der Waals surface area (Å²) in [6.07, 6.45) is 4.94. The second kappa shape index (κ2) is 5.77. The van der Waals surface area contributed by atoms with E-state index in [-0.39, 0.29) is 11.3 Å². The summed E-state index contributed by atoms with van der Waals surface area (Å²) >= 11 is 0. The van der Waals surface area contributed by atoms with Crippen LogP contribution in [0.4, 0.5) is 0 Å². The lowest BCUT2D eigenvalue weighted by molar-refractivity contribution is 0.0457. The fourth-order valence-electron chi connectivity index (χ4n) is 3.58. The summed E-state index contributed by atoms with van der Waals surface area (Å²) in [6.45, 7) is 3.14. The zero-order valence-electron chi connectivity index (χ0n) is 13.0. The van der Waals surface area contributed by atoms with Crippen LogP contribution in [-0.4, -0.2) is 52.1 Å². The molecule has 2 saturated heterocycles. The highest BCUT2D eigenvalue weighted by Gasteiger charge is 2.40. The van der Waals surface area contributed by atoms with Crippen LogP contribution in [0.15, 0.2) is 36.5 Å². The van der Waals surface area contributed by atoms with Crippen LogP contribution in [0.2, 0.25) is 0 Å². The van der Waals surface area contributed by atoms with Crippen LogP contribution in [0, 0.1) is 5.41 Å². The van der Waals surface area contributed by atoms with Crippen molar-refractivity contribution in [3.63, 3.8) is 0 Å². The molecule has 0 aliphatic carbocycles. The molecule has 1 amide bonds. The third kappa shape index (κ3) is 2.74. The smallest absolute Gasteiger partial charge is 0.276 e. The van der Waals surface area contributed by atoms with E-state index in [4.69, 9.17) is 4.74 Å². The van der Waals surface area contributed by atoms with E-state index in [1.165, 1.54) is 0 Å². The zero-order chi connectivity index (χ0) is 15.7. The Hall–Kier alpha value is -2.21. The minimum Gasteiger partial charge on any atom is -0.381 e. The molecule has 4 rings (SSSR count). The molecular formula is C17H20N4O2. The van der Waals surface area contributed by atoms with Crippen LogP contribution in [-0.2, 0) is 4.74 Å². The molecule has 120 valence electrons. The number of rotatable bonds is 2. The van der Waals surface area contributed by atoms with Crippen molar-refractivity contribution in [2.75, 3.05) is 26.3 Å². The van der Waals surface area contributed by atoms with Crippen LogP contribution in [0.5, 0.6) is 0 Å². The standard InChI is InChI=1S/C17H20N4O2/c22-16(20-9-4-7-17(12-20)8-10-23-13-17)15-11-21(19-18-15)14-5-2-1-3-6-14/h1-3,5-6,11H,4,7-10,12-13H2/t17-/m0/s1. The van der Waals surface area contributed by atoms with Crippen molar-refractivity contribution in [1.29, 1.82) is 0 Å². The number of likely N-dealkylation sites (tertiary alicyclic amines) is 1. The molecule has 1 aromatic carbocycles. The van der Waals surface area contributed by atoms with Gasteiger partial charge >= 0.3 is 0 Å². The van der Waals surface area contributed by atoms with Crippen molar-refractivity contribution in [3.05, 3.63) is 42.2 Å². The lowest BCUT2D eigenvalue weighted by Gasteiger charge is -2.39. The number of hydrogen-bond acceptors (Lipinski definition) is 4. The fraction of sp³-hybridized carbons (Fsp3) is 0.471. The molecule has 0 unspecified atom stereocenters. The summed E-state index contributed by atoms with van der Waals surface area (Å²) in [5, 5.41) is 8.16. The molecule has 3 heterocycles. The Bertz CT molecular complexity index is 692. The number of para-hydroxylation sites is 1. The third-order valence-electron chi connectivity index (χ3n) is 4.87. The largest absolute Gasteiger partial charge is 0.381 e. The highest BCUT2D eigenvalue weighted by molar-refractivity contribution is 5.92. The van der Waals surface area contributed by atoms with E-state index in [1.54, 1.807) is 10.9 Å². The summed E-state index contributed by atoms with van der Waals surface area (Å²) < 4.78 is 7.21. The molecule has 2 aliphatic heterocycles. The topological polar surface area (TPSA) is 60.2 Å². The van der Waals surface area contributed by atoms with E-state index in [1.807, 2.05) is 35.2 Å². The van der Waals surface area contributed by atoms with Crippen molar-refractivity contribution in [2.24, 2.45) is 5.41 Å². The number of carbonyl (C=O) groups excluding carboxylic acids is 1. The number of carbonyl (C=O) groups is 1. The van der Waals surface area contributed by atoms with Crippen LogP contribution in [0.3, 0.4) is 0 Å². The summed E-state index contributed by atoms with van der Waals surface area (Å²) in [5.74, 6) is -0.0295. The fourth-order valence-corrected chi connectivity index (χ4v) is 3.58. The van der Waals surface area contributed by atoms with E-state index in [2.05, 4.69) is 10.3 Å². The Balaban J connectivity index is 1.52. The third-order valence-corrected chi connectivity index (χ3v) is 4.87. The van der Waals surface area contributed by atoms with E-state index >= 15 is 0 Å². The van der Waals surface area contributed by atoms with Crippen molar-refractivity contribution in [2.45, 2.75) is 19.3 Å². The maximum Gasteiger partial charge on any atom is 0.276 e. The molecule has 0 bridgehead atoms. The van der Waals surface area contributed by atoms with Gasteiger partial charge in [-0.25, -0.2) is 4.68 Å². The molecule has 6 nitrogen and oxygen atoms in total. The van der Waals surface area contributed by atoms with Crippen LogP contribution in [0.25, 0.3) is 5.69 Å². The number of benzene rings is 1. The molecule has 0 radical (unpaired) electrons. The summed E-state index contributed by atoms with van der Waals surface area (Å²) in [7, 11) is 0. The summed E-state index contributed by atoms with van der Waals surface area (Å²) in [5.41, 5.74) is 1.46. The summed E-state index contributed by atoms with van der Waals surface area (Å²) in [6, 6.07) is 9.70. The van der Waals surface area contributed by atoms with Gasteiger partial charge in [0.05, 0.1) is 18.5 Å². The lowest BCUT2D eigenvalue weighted by atomic mass is 9.79. The number of amides is 1. The van der Waals surface area contributed by atoms with Crippen molar-refractivity contribution in [3.8, 4) is 5.69 Å². The Kier molecular flexibility index (Phi) is 3.61. The first-order valence-corrected chi connectivity index (χ1v) is 8.11. The average molecular weight is 312 g/mol. The maximum absolute atomic E-state index is 12.8. The number of nitrogens with zero attached hydrogens (tertiary/aromatic N) is 4. The van der Waals surface area contributed by atoms with Gasteiger partial charge in [-0.1, -0.05) is 23.4 Å². The van der Waals surface area contributed by atoms with E-state index in [0.717, 1.165) is 51.3 Å². The van der Waals surface area contributed by atoms with Gasteiger partial charge in [0.15, 0.2) is 5.69 Å². The molecule has 23 heavy (non-hydrogen) atoms. The first-order chi connectivity index (χ1) is 11.3. The highest BCUT2D eigenvalue weighted by atomic mass is 16.5.